The van der Waals surface area contributed by atoms with Crippen LogP contribution in [0.5, 0.6) is 0 Å². The summed E-state index contributed by atoms with van der Waals surface area (Å²) in [6.45, 7) is 0. The van der Waals surface area contributed by atoms with E-state index in [4.69, 9.17) is 0 Å². The van der Waals surface area contributed by atoms with Crippen LogP contribution < -0.4 is 0 Å². The van der Waals surface area contributed by atoms with Crippen molar-refractivity contribution in [2.75, 3.05) is 0 Å². The van der Waals surface area contributed by atoms with Gasteiger partial charge in [-0.3, -0.25) is 0 Å². The maximum absolute atomic E-state index is 1.58. The lowest BCUT2D eigenvalue weighted by Gasteiger charge is -2.31. The highest BCUT2D eigenvalue weighted by molar-refractivity contribution is 4.82. The molecule has 2 bridgehead atoms. The van der Waals surface area contributed by atoms with Gasteiger partial charge in [-0.15, -0.1) is 0 Å². The van der Waals surface area contributed by atoms with Gasteiger partial charge in [0.25, 0.3) is 0 Å². The first-order valence-corrected chi connectivity index (χ1v) is 3.95. The van der Waals surface area contributed by atoms with Gasteiger partial charge in [0.05, 0.1) is 0 Å². The Morgan fingerprint density at radius 3 is 1.75 bits per heavy atom. The minimum Gasteiger partial charge on any atom is -0.0530 e. The van der Waals surface area contributed by atoms with Crippen LogP contribution in [0.15, 0.2) is 0 Å². The predicted octanol–water partition coefficient (Wildman–Crippen LogP) is 2.59. The zero-order valence-electron chi connectivity index (χ0n) is 5.40. The van der Waals surface area contributed by atoms with Crippen LogP contribution in [0.3, 0.4) is 0 Å². The van der Waals surface area contributed by atoms with Crippen molar-refractivity contribution < 1.29 is 0 Å². The molecule has 3 saturated carbocycles. The van der Waals surface area contributed by atoms with E-state index in [0.29, 0.717) is 0 Å². The summed E-state index contributed by atoms with van der Waals surface area (Å²) in [7, 11) is 0. The molecule has 0 aromatic carbocycles. The van der Waals surface area contributed by atoms with Crippen molar-refractivity contribution in [1.29, 1.82) is 0 Å². The SMILES string of the molecule is C1CCC2CC(C1)C2. The van der Waals surface area contributed by atoms with E-state index in [-0.39, 0.29) is 0 Å². The van der Waals surface area contributed by atoms with E-state index >= 15 is 0 Å². The van der Waals surface area contributed by atoms with Crippen molar-refractivity contribution in [2.45, 2.75) is 38.5 Å². The van der Waals surface area contributed by atoms with Crippen LogP contribution in [0.4, 0.5) is 0 Å². The van der Waals surface area contributed by atoms with Crippen LogP contribution in [0.25, 0.3) is 0 Å². The molecule has 0 aromatic rings. The van der Waals surface area contributed by atoms with Gasteiger partial charge in [0, 0.05) is 0 Å². The van der Waals surface area contributed by atoms with E-state index in [1.54, 1.807) is 25.7 Å². The van der Waals surface area contributed by atoms with Crippen molar-refractivity contribution in [1.82, 2.24) is 0 Å². The fraction of sp³-hybridized carbons (Fsp3) is 1.00. The van der Waals surface area contributed by atoms with Gasteiger partial charge in [-0.1, -0.05) is 25.7 Å². The standard InChI is InChI=1S/C8H14/c1-2-4-8-5-7(3-1)6-8/h7-8H,1-6H2. The first-order valence-electron chi connectivity index (χ1n) is 3.95. The van der Waals surface area contributed by atoms with Gasteiger partial charge in [0.2, 0.25) is 0 Å². The molecule has 0 atom stereocenters. The number of hydrogen-bond acceptors (Lipinski definition) is 0. The van der Waals surface area contributed by atoms with Crippen LogP contribution in [-0.4, -0.2) is 0 Å². The molecule has 0 saturated heterocycles. The highest BCUT2D eigenvalue weighted by atomic mass is 14.4. The molecule has 0 amide bonds. The molecule has 0 aromatic heterocycles. The minimum absolute atomic E-state index is 1.17. The Bertz CT molecular complexity index is 64.5. The molecule has 0 nitrogen and oxygen atoms in total. The zero-order chi connectivity index (χ0) is 5.40. The summed E-state index contributed by atoms with van der Waals surface area (Å²) >= 11 is 0. The summed E-state index contributed by atoms with van der Waals surface area (Å²) in [6, 6.07) is 0. The van der Waals surface area contributed by atoms with Gasteiger partial charge in [-0.2, -0.15) is 0 Å². The number of fused-ring (bicyclic) bond motifs is 3. The largest absolute Gasteiger partial charge is 0.0530 e. The highest BCUT2D eigenvalue weighted by Crippen LogP contribution is 2.43. The molecule has 0 unspecified atom stereocenters. The Hall–Kier alpha value is 0. The Morgan fingerprint density at radius 2 is 1.25 bits per heavy atom. The summed E-state index contributed by atoms with van der Waals surface area (Å²) in [5.41, 5.74) is 0. The third-order valence-corrected chi connectivity index (χ3v) is 2.81. The lowest BCUT2D eigenvalue weighted by atomic mass is 9.74. The molecule has 8 heavy (non-hydrogen) atoms. The fourth-order valence-electron chi connectivity index (χ4n) is 2.21. The summed E-state index contributed by atoms with van der Waals surface area (Å²) in [6.07, 6.45) is 9.33. The molecule has 46 valence electrons. The van der Waals surface area contributed by atoms with Crippen LogP contribution in [-0.2, 0) is 0 Å². The van der Waals surface area contributed by atoms with E-state index in [1.807, 2.05) is 0 Å². The topological polar surface area (TPSA) is 0 Å². The van der Waals surface area contributed by atoms with Gasteiger partial charge in [-0.25, -0.2) is 0 Å². The molecule has 3 aliphatic carbocycles. The Labute approximate surface area is 51.3 Å². The average molecular weight is 110 g/mol. The van der Waals surface area contributed by atoms with E-state index in [2.05, 4.69) is 0 Å². The fourth-order valence-corrected chi connectivity index (χ4v) is 2.21. The average Bonchev–Trinajstić information content (AvgIpc) is 1.89. The van der Waals surface area contributed by atoms with Crippen LogP contribution in [0.2, 0.25) is 0 Å². The third-order valence-electron chi connectivity index (χ3n) is 2.81. The smallest absolute Gasteiger partial charge is 0.0409 e. The third kappa shape index (κ3) is 0.667. The lowest BCUT2D eigenvalue weighted by Crippen LogP contribution is -2.20. The quantitative estimate of drug-likeness (QED) is 0.449. The summed E-state index contributed by atoms with van der Waals surface area (Å²) < 4.78 is 0. The molecule has 0 N–H and O–H groups in total. The molecule has 0 heterocycles. The van der Waals surface area contributed by atoms with Gasteiger partial charge in [0.1, 0.15) is 0 Å². The zero-order valence-corrected chi connectivity index (χ0v) is 5.40. The van der Waals surface area contributed by atoms with E-state index in [9.17, 15) is 0 Å². The molecular weight excluding hydrogens is 96.1 g/mol. The number of rotatable bonds is 0. The Kier molecular flexibility index (Phi) is 1.06. The normalized spacial score (nSPS) is 45.0. The molecule has 0 radical (unpaired) electrons. The summed E-state index contributed by atoms with van der Waals surface area (Å²) in [4.78, 5) is 0. The predicted molar refractivity (Wildman–Crippen MR) is 34.7 cm³/mol. The van der Waals surface area contributed by atoms with Crippen LogP contribution in [0.1, 0.15) is 38.5 Å². The minimum atomic E-state index is 1.17. The first kappa shape index (κ1) is 4.84. The van der Waals surface area contributed by atoms with Crippen molar-refractivity contribution in [3.8, 4) is 0 Å². The van der Waals surface area contributed by atoms with Crippen LogP contribution >= 0.6 is 0 Å². The summed E-state index contributed by atoms with van der Waals surface area (Å²) in [5, 5.41) is 0. The molecule has 3 rings (SSSR count). The monoisotopic (exact) mass is 110 g/mol. The molecule has 3 aliphatic rings. The second-order valence-electron chi connectivity index (χ2n) is 3.49. The number of hydrogen-bond donors (Lipinski definition) is 0. The Morgan fingerprint density at radius 1 is 0.750 bits per heavy atom. The van der Waals surface area contributed by atoms with Crippen LogP contribution in [0, 0.1) is 11.8 Å². The molecule has 0 aliphatic heterocycles. The van der Waals surface area contributed by atoms with Crippen molar-refractivity contribution in [2.24, 2.45) is 11.8 Å². The van der Waals surface area contributed by atoms with Crippen molar-refractivity contribution in [3.05, 3.63) is 0 Å². The van der Waals surface area contributed by atoms with Crippen molar-refractivity contribution in [3.63, 3.8) is 0 Å². The van der Waals surface area contributed by atoms with Gasteiger partial charge in [-0.05, 0) is 24.7 Å². The second-order valence-corrected chi connectivity index (χ2v) is 3.49. The molecular formula is C8H14. The van der Waals surface area contributed by atoms with E-state index < -0.39 is 0 Å². The van der Waals surface area contributed by atoms with Gasteiger partial charge in [0.15, 0.2) is 0 Å². The molecule has 0 heteroatoms. The Balaban J connectivity index is 1.95. The van der Waals surface area contributed by atoms with E-state index in [0.717, 1.165) is 0 Å². The molecule has 3 fully saturated rings. The highest BCUT2D eigenvalue weighted by Gasteiger charge is 2.30. The van der Waals surface area contributed by atoms with Gasteiger partial charge >= 0.3 is 0 Å². The van der Waals surface area contributed by atoms with Gasteiger partial charge < -0.3 is 0 Å². The molecule has 0 spiro atoms. The second kappa shape index (κ2) is 1.75. The van der Waals surface area contributed by atoms with Crippen molar-refractivity contribution >= 4 is 0 Å². The maximum Gasteiger partial charge on any atom is -0.0409 e. The lowest BCUT2D eigenvalue weighted by molar-refractivity contribution is 0.199. The van der Waals surface area contributed by atoms with E-state index in [1.165, 1.54) is 24.7 Å². The first-order chi connectivity index (χ1) is 3.95. The summed E-state index contributed by atoms with van der Waals surface area (Å²) in [5.74, 6) is 2.34. The maximum atomic E-state index is 1.58.